The molecule has 4 heteroatoms. The van der Waals surface area contributed by atoms with Gasteiger partial charge in [-0.05, 0) is 25.5 Å². The Morgan fingerprint density at radius 2 is 2.11 bits per heavy atom. The maximum atomic E-state index is 12.0. The van der Waals surface area contributed by atoms with Crippen LogP contribution in [0, 0.1) is 0 Å². The largest absolute Gasteiger partial charge is 0.325 e. The first kappa shape index (κ1) is 14.2. The van der Waals surface area contributed by atoms with Crippen LogP contribution >= 0.6 is 11.8 Å². The Bertz CT molecular complexity index is 290. The summed E-state index contributed by atoms with van der Waals surface area (Å²) in [4.78, 5) is 14.2. The highest BCUT2D eigenvalue weighted by Gasteiger charge is 2.39. The highest BCUT2D eigenvalue weighted by atomic mass is 32.2. The van der Waals surface area contributed by atoms with Gasteiger partial charge in [-0.2, -0.15) is 11.8 Å². The molecule has 2 fully saturated rings. The fourth-order valence-electron chi connectivity index (χ4n) is 3.25. The van der Waals surface area contributed by atoms with Crippen LogP contribution < -0.4 is 5.32 Å². The summed E-state index contributed by atoms with van der Waals surface area (Å²) in [6.07, 6.45) is 11.3. The zero-order chi connectivity index (χ0) is 13.0. The Kier molecular flexibility index (Phi) is 4.96. The minimum atomic E-state index is 0.286. The van der Waals surface area contributed by atoms with Gasteiger partial charge in [0.15, 0.2) is 0 Å². The van der Waals surface area contributed by atoms with Crippen molar-refractivity contribution in [3.8, 4) is 0 Å². The van der Waals surface area contributed by atoms with Crippen LogP contribution in [-0.2, 0) is 4.79 Å². The van der Waals surface area contributed by atoms with Crippen LogP contribution in [0.15, 0.2) is 0 Å². The number of carbonyl (C=O) groups excluding carboxylic acids is 1. The van der Waals surface area contributed by atoms with E-state index in [0.29, 0.717) is 17.2 Å². The molecule has 104 valence electrons. The summed E-state index contributed by atoms with van der Waals surface area (Å²) in [5.74, 6) is 0.299. The van der Waals surface area contributed by atoms with Gasteiger partial charge >= 0.3 is 0 Å². The first-order valence-electron chi connectivity index (χ1n) is 7.29. The van der Waals surface area contributed by atoms with Crippen molar-refractivity contribution in [2.24, 2.45) is 0 Å². The van der Waals surface area contributed by atoms with E-state index >= 15 is 0 Å². The van der Waals surface area contributed by atoms with E-state index in [1.807, 2.05) is 11.8 Å². The molecule has 1 heterocycles. The van der Waals surface area contributed by atoms with E-state index in [-0.39, 0.29) is 6.17 Å². The van der Waals surface area contributed by atoms with Gasteiger partial charge in [0.1, 0.15) is 0 Å². The zero-order valence-electron chi connectivity index (χ0n) is 11.7. The molecule has 0 aromatic carbocycles. The third-order valence-electron chi connectivity index (χ3n) is 4.40. The quantitative estimate of drug-likeness (QED) is 0.833. The fraction of sp³-hybridized carbons (Fsp3) is 0.929. The smallest absolute Gasteiger partial charge is 0.237 e. The van der Waals surface area contributed by atoms with Crippen molar-refractivity contribution >= 4 is 17.7 Å². The lowest BCUT2D eigenvalue weighted by atomic mass is 9.87. The molecule has 0 aromatic rings. The van der Waals surface area contributed by atoms with Gasteiger partial charge in [-0.3, -0.25) is 10.1 Å². The van der Waals surface area contributed by atoms with Crippen molar-refractivity contribution in [1.29, 1.82) is 0 Å². The number of nitrogens with one attached hydrogen (secondary N) is 1. The number of hydrogen-bond acceptors (Lipinski definition) is 3. The molecule has 0 radical (unpaired) electrons. The molecule has 1 atom stereocenters. The van der Waals surface area contributed by atoms with Crippen LogP contribution in [0.4, 0.5) is 0 Å². The highest BCUT2D eigenvalue weighted by molar-refractivity contribution is 8.00. The minimum absolute atomic E-state index is 0.286. The van der Waals surface area contributed by atoms with Gasteiger partial charge < -0.3 is 4.90 Å². The zero-order valence-corrected chi connectivity index (χ0v) is 12.5. The lowest BCUT2D eigenvalue weighted by molar-refractivity contribution is -0.128. The predicted molar refractivity (Wildman–Crippen MR) is 77.7 cm³/mol. The molecule has 0 aromatic heterocycles. The molecule has 18 heavy (non-hydrogen) atoms. The maximum Gasteiger partial charge on any atom is 0.237 e. The van der Waals surface area contributed by atoms with Crippen LogP contribution in [0.1, 0.15) is 51.9 Å². The van der Waals surface area contributed by atoms with Crippen molar-refractivity contribution in [1.82, 2.24) is 10.2 Å². The maximum absolute atomic E-state index is 12.0. The summed E-state index contributed by atoms with van der Waals surface area (Å²) >= 11 is 1.98. The van der Waals surface area contributed by atoms with Crippen LogP contribution in [0.25, 0.3) is 0 Å². The molecule has 1 N–H and O–H groups in total. The van der Waals surface area contributed by atoms with Gasteiger partial charge in [0, 0.05) is 11.3 Å². The van der Waals surface area contributed by atoms with E-state index in [4.69, 9.17) is 0 Å². The van der Waals surface area contributed by atoms with Gasteiger partial charge in [0.05, 0.1) is 12.7 Å². The summed E-state index contributed by atoms with van der Waals surface area (Å²) in [5, 5.41) is 3.36. The van der Waals surface area contributed by atoms with Crippen molar-refractivity contribution in [2.45, 2.75) is 62.8 Å². The van der Waals surface area contributed by atoms with Crippen LogP contribution in [0.5, 0.6) is 0 Å². The summed E-state index contributed by atoms with van der Waals surface area (Å²) in [6, 6.07) is 0. The Hall–Kier alpha value is -0.220. The van der Waals surface area contributed by atoms with E-state index in [0.717, 1.165) is 19.4 Å². The van der Waals surface area contributed by atoms with Gasteiger partial charge in [-0.25, -0.2) is 0 Å². The molecule has 1 saturated carbocycles. The average Bonchev–Trinajstić information content (AvgIpc) is 2.73. The molecule has 1 aliphatic carbocycles. The Balaban J connectivity index is 2.02. The molecule has 1 aliphatic heterocycles. The first-order chi connectivity index (χ1) is 8.71. The lowest BCUT2D eigenvalue weighted by Gasteiger charge is -2.40. The minimum Gasteiger partial charge on any atom is -0.325 e. The molecule has 0 spiro atoms. The van der Waals surface area contributed by atoms with E-state index < -0.39 is 0 Å². The topological polar surface area (TPSA) is 32.3 Å². The second-order valence-electron chi connectivity index (χ2n) is 5.65. The summed E-state index contributed by atoms with van der Waals surface area (Å²) in [7, 11) is 0. The molecule has 1 amide bonds. The van der Waals surface area contributed by atoms with Crippen LogP contribution in [0.2, 0.25) is 0 Å². The molecule has 0 bridgehead atoms. The SMILES string of the molecule is CCCC1NCC(=O)N1CC1(SC)CCCCC1. The molecule has 2 aliphatic rings. The number of thioether (sulfide) groups is 1. The second-order valence-corrected chi connectivity index (χ2v) is 6.93. The molecule has 1 unspecified atom stereocenters. The third kappa shape index (κ3) is 3.02. The number of rotatable bonds is 5. The molecule has 1 saturated heterocycles. The predicted octanol–water partition coefficient (Wildman–Crippen LogP) is 2.61. The van der Waals surface area contributed by atoms with Gasteiger partial charge in [0.25, 0.3) is 0 Å². The number of amides is 1. The highest BCUT2D eigenvalue weighted by Crippen LogP contribution is 2.39. The van der Waals surface area contributed by atoms with E-state index in [1.165, 1.54) is 32.1 Å². The normalized spacial score (nSPS) is 27.8. The van der Waals surface area contributed by atoms with Crippen molar-refractivity contribution < 1.29 is 4.79 Å². The summed E-state index contributed by atoms with van der Waals surface area (Å²) in [6.45, 7) is 3.67. The summed E-state index contributed by atoms with van der Waals surface area (Å²) < 4.78 is 0.325. The van der Waals surface area contributed by atoms with Crippen molar-refractivity contribution in [3.63, 3.8) is 0 Å². The molecular formula is C14H26N2OS. The van der Waals surface area contributed by atoms with Gasteiger partial charge in [-0.1, -0.05) is 32.6 Å². The third-order valence-corrected chi connectivity index (χ3v) is 5.81. The Morgan fingerprint density at radius 1 is 1.39 bits per heavy atom. The van der Waals surface area contributed by atoms with E-state index in [9.17, 15) is 4.79 Å². The lowest BCUT2D eigenvalue weighted by Crippen LogP contribution is -2.47. The molecule has 2 rings (SSSR count). The summed E-state index contributed by atoms with van der Waals surface area (Å²) in [5.41, 5.74) is 0. The fourth-order valence-corrected chi connectivity index (χ4v) is 4.22. The van der Waals surface area contributed by atoms with Crippen molar-refractivity contribution in [2.75, 3.05) is 19.3 Å². The standard InChI is InChI=1S/C14H26N2OS/c1-3-7-12-15-10-13(17)16(12)11-14(18-2)8-5-4-6-9-14/h12,15H,3-11H2,1-2H3. The Labute approximate surface area is 115 Å². The van der Waals surface area contributed by atoms with Crippen LogP contribution in [-0.4, -0.2) is 41.1 Å². The first-order valence-corrected chi connectivity index (χ1v) is 8.51. The number of nitrogens with zero attached hydrogens (tertiary/aromatic N) is 1. The van der Waals surface area contributed by atoms with Crippen LogP contribution in [0.3, 0.4) is 0 Å². The Morgan fingerprint density at radius 3 is 2.72 bits per heavy atom. The second kappa shape index (κ2) is 6.29. The van der Waals surface area contributed by atoms with Gasteiger partial charge in [0.2, 0.25) is 5.91 Å². The molecular weight excluding hydrogens is 244 g/mol. The van der Waals surface area contributed by atoms with E-state index in [1.54, 1.807) is 0 Å². The molecule has 3 nitrogen and oxygen atoms in total. The van der Waals surface area contributed by atoms with Gasteiger partial charge in [-0.15, -0.1) is 0 Å². The average molecular weight is 270 g/mol. The van der Waals surface area contributed by atoms with Crippen molar-refractivity contribution in [3.05, 3.63) is 0 Å². The number of carbonyl (C=O) groups is 1. The van der Waals surface area contributed by atoms with E-state index in [2.05, 4.69) is 23.4 Å². The number of hydrogen-bond donors (Lipinski definition) is 1. The monoisotopic (exact) mass is 270 g/mol.